The Morgan fingerprint density at radius 1 is 1.00 bits per heavy atom. The molecule has 0 N–H and O–H groups in total. The third kappa shape index (κ3) is 4.98. The molecule has 4 rings (SSSR count). The first-order valence-electron chi connectivity index (χ1n) is 10.6. The normalized spacial score (nSPS) is 15.4. The molecule has 0 aromatic heterocycles. The molecule has 0 bridgehead atoms. The molecule has 34 heavy (non-hydrogen) atoms. The molecule has 0 radical (unpaired) electrons. The van der Waals surface area contributed by atoms with Gasteiger partial charge < -0.3 is 4.90 Å². The van der Waals surface area contributed by atoms with Crippen LogP contribution in [0, 0.1) is 13.7 Å². The second-order valence-electron chi connectivity index (χ2n) is 7.80. The number of hydrogen-bond acceptors (Lipinski definition) is 5. The van der Waals surface area contributed by atoms with Crippen LogP contribution in [0.5, 0.6) is 0 Å². The number of benzene rings is 3. The second kappa shape index (κ2) is 10.1. The summed E-state index contributed by atoms with van der Waals surface area (Å²) < 4.78 is 0.967. The maximum Gasteiger partial charge on any atom is 0.269 e. The largest absolute Gasteiger partial charge is 0.326 e. The van der Waals surface area contributed by atoms with Crippen molar-refractivity contribution in [3.05, 3.63) is 104 Å². The van der Waals surface area contributed by atoms with Crippen LogP contribution in [0.4, 0.5) is 11.4 Å². The lowest BCUT2D eigenvalue weighted by Gasteiger charge is -2.28. The molecule has 1 aliphatic rings. The first-order chi connectivity index (χ1) is 16.3. The summed E-state index contributed by atoms with van der Waals surface area (Å²) in [5.74, 6) is -1.30. The number of halogens is 1. The van der Waals surface area contributed by atoms with Gasteiger partial charge in [-0.2, -0.15) is 0 Å². The maximum atomic E-state index is 13.4. The van der Waals surface area contributed by atoms with E-state index in [1.807, 2.05) is 30.3 Å². The zero-order chi connectivity index (χ0) is 24.2. The Balaban J connectivity index is 1.63. The Bertz CT molecular complexity index is 1230. The van der Waals surface area contributed by atoms with E-state index < -0.39 is 22.8 Å². The van der Waals surface area contributed by atoms with E-state index in [-0.39, 0.29) is 30.1 Å². The quantitative estimate of drug-likeness (QED) is 0.184. The lowest BCUT2D eigenvalue weighted by atomic mass is 10.1. The first kappa shape index (κ1) is 23.6. The van der Waals surface area contributed by atoms with Crippen molar-refractivity contribution in [3.8, 4) is 0 Å². The van der Waals surface area contributed by atoms with Gasteiger partial charge in [-0.15, -0.1) is 0 Å². The van der Waals surface area contributed by atoms with E-state index in [1.165, 1.54) is 29.2 Å². The fourth-order valence-corrected chi connectivity index (χ4v) is 4.27. The molecule has 1 aliphatic heterocycles. The van der Waals surface area contributed by atoms with Crippen molar-refractivity contribution in [2.24, 2.45) is 0 Å². The minimum atomic E-state index is -0.960. The van der Waals surface area contributed by atoms with E-state index in [4.69, 9.17) is 0 Å². The summed E-state index contributed by atoms with van der Waals surface area (Å²) >= 11 is 2.14. The van der Waals surface area contributed by atoms with Crippen molar-refractivity contribution in [1.82, 2.24) is 4.90 Å². The number of rotatable bonds is 7. The number of carbonyl (C=O) groups is 3. The van der Waals surface area contributed by atoms with Gasteiger partial charge in [0.15, 0.2) is 0 Å². The first-order valence-corrected chi connectivity index (χ1v) is 11.6. The molecule has 1 unspecified atom stereocenters. The van der Waals surface area contributed by atoms with Crippen molar-refractivity contribution < 1.29 is 19.3 Å². The van der Waals surface area contributed by atoms with Gasteiger partial charge in [0.2, 0.25) is 5.91 Å². The highest BCUT2D eigenvalue weighted by Gasteiger charge is 2.44. The van der Waals surface area contributed by atoms with Gasteiger partial charge in [-0.3, -0.25) is 24.5 Å². The van der Waals surface area contributed by atoms with Crippen molar-refractivity contribution in [3.63, 3.8) is 0 Å². The number of anilines is 1. The minimum absolute atomic E-state index is 0.127. The SMILES string of the molecule is O=C1CC(N(CCc2ccccc2)C(=O)c2ccc([N+](=O)[O-])cc2)C(=O)N1c1ccc(I)cc1. The molecule has 172 valence electrons. The van der Waals surface area contributed by atoms with Crippen LogP contribution in [0.15, 0.2) is 78.9 Å². The highest BCUT2D eigenvalue weighted by Crippen LogP contribution is 2.28. The van der Waals surface area contributed by atoms with Gasteiger partial charge in [-0.25, -0.2) is 4.90 Å². The minimum Gasteiger partial charge on any atom is -0.326 e. The van der Waals surface area contributed by atoms with Crippen molar-refractivity contribution in [2.45, 2.75) is 18.9 Å². The molecule has 0 spiro atoms. The van der Waals surface area contributed by atoms with Gasteiger partial charge in [0.05, 0.1) is 17.0 Å². The van der Waals surface area contributed by atoms with E-state index in [1.54, 1.807) is 24.3 Å². The zero-order valence-electron chi connectivity index (χ0n) is 18.0. The Hall–Kier alpha value is -3.60. The highest BCUT2D eigenvalue weighted by molar-refractivity contribution is 14.1. The lowest BCUT2D eigenvalue weighted by molar-refractivity contribution is -0.384. The molecule has 1 fully saturated rings. The Kier molecular flexibility index (Phi) is 7.01. The van der Waals surface area contributed by atoms with E-state index in [0.29, 0.717) is 12.1 Å². The number of nitro benzene ring substituents is 1. The highest BCUT2D eigenvalue weighted by atomic mass is 127. The van der Waals surface area contributed by atoms with E-state index in [2.05, 4.69) is 22.6 Å². The van der Waals surface area contributed by atoms with Gasteiger partial charge in [-0.05, 0) is 71.0 Å². The third-order valence-corrected chi connectivity index (χ3v) is 6.37. The van der Waals surface area contributed by atoms with Crippen molar-refractivity contribution >= 4 is 51.7 Å². The molecule has 9 heteroatoms. The number of nitro groups is 1. The predicted molar refractivity (Wildman–Crippen MR) is 134 cm³/mol. The predicted octanol–water partition coefficient (Wildman–Crippen LogP) is 4.22. The average molecular weight is 569 g/mol. The van der Waals surface area contributed by atoms with Crippen LogP contribution in [0.2, 0.25) is 0 Å². The molecule has 1 atom stereocenters. The smallest absolute Gasteiger partial charge is 0.269 e. The van der Waals surface area contributed by atoms with Gasteiger partial charge >= 0.3 is 0 Å². The molecule has 0 saturated carbocycles. The summed E-state index contributed by atoms with van der Waals surface area (Å²) in [7, 11) is 0. The van der Waals surface area contributed by atoms with E-state index >= 15 is 0 Å². The van der Waals surface area contributed by atoms with Crippen molar-refractivity contribution in [1.29, 1.82) is 0 Å². The van der Waals surface area contributed by atoms with Crippen LogP contribution in [-0.4, -0.2) is 40.1 Å². The number of carbonyl (C=O) groups excluding carboxylic acids is 3. The second-order valence-corrected chi connectivity index (χ2v) is 9.05. The summed E-state index contributed by atoms with van der Waals surface area (Å²) in [5.41, 5.74) is 1.52. The molecule has 3 aromatic rings. The number of imide groups is 1. The maximum absolute atomic E-state index is 13.4. The van der Waals surface area contributed by atoms with E-state index in [0.717, 1.165) is 14.0 Å². The van der Waals surface area contributed by atoms with Crippen LogP contribution < -0.4 is 4.90 Å². The molecular formula is C25H20IN3O5. The van der Waals surface area contributed by atoms with Gasteiger partial charge in [0, 0.05) is 27.8 Å². The van der Waals surface area contributed by atoms with Gasteiger partial charge in [-0.1, -0.05) is 30.3 Å². The molecule has 8 nitrogen and oxygen atoms in total. The Labute approximate surface area is 209 Å². The van der Waals surface area contributed by atoms with Crippen LogP contribution >= 0.6 is 22.6 Å². The molecule has 1 saturated heterocycles. The summed E-state index contributed by atoms with van der Waals surface area (Å²) in [6, 6.07) is 20.8. The van der Waals surface area contributed by atoms with Crippen LogP contribution in [0.1, 0.15) is 22.3 Å². The molecule has 3 aromatic carbocycles. The monoisotopic (exact) mass is 569 g/mol. The lowest BCUT2D eigenvalue weighted by Crippen LogP contribution is -2.46. The fraction of sp³-hybridized carbons (Fsp3) is 0.160. The molecule has 1 heterocycles. The molecular weight excluding hydrogens is 549 g/mol. The zero-order valence-corrected chi connectivity index (χ0v) is 20.1. The molecule has 3 amide bonds. The number of hydrogen-bond donors (Lipinski definition) is 0. The standard InChI is InChI=1S/C25H20IN3O5/c26-19-8-12-20(13-9-19)28-23(30)16-22(25(28)32)27(15-14-17-4-2-1-3-5-17)24(31)18-6-10-21(11-7-18)29(33)34/h1-13,22H,14-16H2. The van der Waals surface area contributed by atoms with Crippen LogP contribution in [0.25, 0.3) is 0 Å². The summed E-state index contributed by atoms with van der Waals surface area (Å²) in [5, 5.41) is 11.0. The summed E-state index contributed by atoms with van der Waals surface area (Å²) in [6.45, 7) is 0.212. The molecule has 0 aliphatic carbocycles. The van der Waals surface area contributed by atoms with Crippen molar-refractivity contribution in [2.75, 3.05) is 11.4 Å². The fourth-order valence-electron chi connectivity index (χ4n) is 3.91. The third-order valence-electron chi connectivity index (χ3n) is 5.65. The number of nitrogens with zero attached hydrogens (tertiary/aromatic N) is 3. The summed E-state index contributed by atoms with van der Waals surface area (Å²) in [4.78, 5) is 52.6. The van der Waals surface area contributed by atoms with Gasteiger partial charge in [0.25, 0.3) is 17.5 Å². The topological polar surface area (TPSA) is 101 Å². The summed E-state index contributed by atoms with van der Waals surface area (Å²) in [6.07, 6.45) is 0.361. The average Bonchev–Trinajstić information content (AvgIpc) is 3.14. The van der Waals surface area contributed by atoms with E-state index in [9.17, 15) is 24.5 Å². The van der Waals surface area contributed by atoms with Crippen LogP contribution in [0.3, 0.4) is 0 Å². The Morgan fingerprint density at radius 2 is 1.65 bits per heavy atom. The number of amides is 3. The van der Waals surface area contributed by atoms with Crippen LogP contribution in [-0.2, 0) is 16.0 Å². The Morgan fingerprint density at radius 3 is 2.26 bits per heavy atom. The number of non-ortho nitro benzene ring substituents is 1. The van der Waals surface area contributed by atoms with Gasteiger partial charge in [0.1, 0.15) is 6.04 Å².